The number of hydrogen-bond acceptors (Lipinski definition) is 4. The van der Waals surface area contributed by atoms with Crippen LogP contribution in [-0.2, 0) is 6.42 Å². The van der Waals surface area contributed by atoms with E-state index in [0.717, 1.165) is 17.7 Å². The third kappa shape index (κ3) is 3.13. The molecular formula is C18H17N3O2. The monoisotopic (exact) mass is 307 g/mol. The van der Waals surface area contributed by atoms with Gasteiger partial charge in [-0.1, -0.05) is 19.1 Å². The highest BCUT2D eigenvalue weighted by atomic mass is 16.5. The minimum absolute atomic E-state index is 0.164. The van der Waals surface area contributed by atoms with Gasteiger partial charge in [0.25, 0.3) is 5.56 Å². The lowest BCUT2D eigenvalue weighted by Crippen LogP contribution is -2.09. The molecule has 5 heteroatoms. The molecule has 0 unspecified atom stereocenters. The molecule has 0 saturated heterocycles. The van der Waals surface area contributed by atoms with Crippen LogP contribution in [0.2, 0.25) is 0 Å². The minimum atomic E-state index is -0.164. The van der Waals surface area contributed by atoms with Crippen LogP contribution < -0.4 is 10.3 Å². The number of aromatic amines is 1. The fourth-order valence-corrected chi connectivity index (χ4v) is 2.43. The Bertz CT molecular complexity index is 929. The van der Waals surface area contributed by atoms with Crippen LogP contribution in [0.3, 0.4) is 0 Å². The van der Waals surface area contributed by atoms with E-state index in [9.17, 15) is 4.79 Å². The molecule has 0 bridgehead atoms. The van der Waals surface area contributed by atoms with Gasteiger partial charge in [-0.15, -0.1) is 0 Å². The summed E-state index contributed by atoms with van der Waals surface area (Å²) < 4.78 is 5.25. The van der Waals surface area contributed by atoms with Crippen LogP contribution in [0.15, 0.2) is 41.5 Å². The number of nitrogens with one attached hydrogen (secondary N) is 1. The standard InChI is InChI=1S/C18H17N3O2/c1-3-12-10-14(23-2)6-4-13(12)5-7-17-20-16-11-19-9-8-15(16)18(22)21-17/h4-11H,3H2,1-2H3,(H,20,21,22)/b7-5+. The predicted molar refractivity (Wildman–Crippen MR) is 91.5 cm³/mol. The van der Waals surface area contributed by atoms with Crippen molar-refractivity contribution in [2.45, 2.75) is 13.3 Å². The zero-order chi connectivity index (χ0) is 16.2. The van der Waals surface area contributed by atoms with Crippen molar-refractivity contribution in [3.63, 3.8) is 0 Å². The largest absolute Gasteiger partial charge is 0.497 e. The quantitative estimate of drug-likeness (QED) is 0.804. The molecule has 0 aliphatic rings. The topological polar surface area (TPSA) is 67.9 Å². The molecule has 23 heavy (non-hydrogen) atoms. The maximum atomic E-state index is 12.0. The summed E-state index contributed by atoms with van der Waals surface area (Å²) in [6.45, 7) is 2.09. The first-order valence-corrected chi connectivity index (χ1v) is 7.40. The van der Waals surface area contributed by atoms with Crippen molar-refractivity contribution in [1.29, 1.82) is 0 Å². The number of aryl methyl sites for hydroxylation is 1. The highest BCUT2D eigenvalue weighted by Crippen LogP contribution is 2.20. The Morgan fingerprint density at radius 3 is 2.91 bits per heavy atom. The molecule has 3 rings (SSSR count). The number of benzene rings is 1. The van der Waals surface area contributed by atoms with E-state index < -0.39 is 0 Å². The number of aromatic nitrogens is 3. The van der Waals surface area contributed by atoms with E-state index in [-0.39, 0.29) is 5.56 Å². The molecule has 0 radical (unpaired) electrons. The number of nitrogens with zero attached hydrogens (tertiary/aromatic N) is 2. The summed E-state index contributed by atoms with van der Waals surface area (Å²) >= 11 is 0. The first kappa shape index (κ1) is 15.0. The van der Waals surface area contributed by atoms with Crippen molar-refractivity contribution in [2.75, 3.05) is 7.11 Å². The summed E-state index contributed by atoms with van der Waals surface area (Å²) in [7, 11) is 1.65. The molecule has 2 aromatic heterocycles. The molecule has 0 spiro atoms. The third-order valence-electron chi connectivity index (χ3n) is 3.68. The van der Waals surface area contributed by atoms with Gasteiger partial charge in [0.05, 0.1) is 24.2 Å². The van der Waals surface area contributed by atoms with Crippen molar-refractivity contribution < 1.29 is 4.74 Å². The van der Waals surface area contributed by atoms with Gasteiger partial charge in [0, 0.05) is 6.20 Å². The van der Waals surface area contributed by atoms with Crippen LogP contribution in [0.5, 0.6) is 5.75 Å². The summed E-state index contributed by atoms with van der Waals surface area (Å²) in [5.41, 5.74) is 2.66. The molecule has 1 N–H and O–H groups in total. The van der Waals surface area contributed by atoms with E-state index >= 15 is 0 Å². The Balaban J connectivity index is 1.98. The van der Waals surface area contributed by atoms with Gasteiger partial charge in [0.1, 0.15) is 11.6 Å². The number of fused-ring (bicyclic) bond motifs is 1. The highest BCUT2D eigenvalue weighted by Gasteiger charge is 2.03. The number of ether oxygens (including phenoxy) is 1. The predicted octanol–water partition coefficient (Wildman–Crippen LogP) is 3.06. The SMILES string of the molecule is CCc1cc(OC)ccc1/C=C/c1nc2cnccc2c(=O)[nH]1. The van der Waals surface area contributed by atoms with Crippen LogP contribution >= 0.6 is 0 Å². The highest BCUT2D eigenvalue weighted by molar-refractivity contribution is 5.78. The van der Waals surface area contributed by atoms with Gasteiger partial charge in [-0.2, -0.15) is 0 Å². The second-order valence-corrected chi connectivity index (χ2v) is 5.10. The van der Waals surface area contributed by atoms with Crippen molar-refractivity contribution >= 4 is 23.1 Å². The number of methoxy groups -OCH3 is 1. The van der Waals surface area contributed by atoms with Gasteiger partial charge < -0.3 is 9.72 Å². The Hall–Kier alpha value is -2.95. The van der Waals surface area contributed by atoms with Crippen molar-refractivity contribution in [1.82, 2.24) is 15.0 Å². The van der Waals surface area contributed by atoms with Crippen LogP contribution in [0.1, 0.15) is 23.9 Å². The minimum Gasteiger partial charge on any atom is -0.497 e. The van der Waals surface area contributed by atoms with E-state index in [0.29, 0.717) is 16.7 Å². The fraction of sp³-hybridized carbons (Fsp3) is 0.167. The van der Waals surface area contributed by atoms with Crippen LogP contribution in [0, 0.1) is 0 Å². The van der Waals surface area contributed by atoms with Gasteiger partial charge >= 0.3 is 0 Å². The van der Waals surface area contributed by atoms with Crippen LogP contribution in [0.4, 0.5) is 0 Å². The van der Waals surface area contributed by atoms with E-state index in [1.54, 1.807) is 31.6 Å². The zero-order valence-electron chi connectivity index (χ0n) is 13.0. The molecular weight excluding hydrogens is 290 g/mol. The fourth-order valence-electron chi connectivity index (χ4n) is 2.43. The second kappa shape index (κ2) is 6.44. The number of hydrogen-bond donors (Lipinski definition) is 1. The molecule has 0 aliphatic carbocycles. The maximum Gasteiger partial charge on any atom is 0.259 e. The Kier molecular flexibility index (Phi) is 4.19. The van der Waals surface area contributed by atoms with E-state index in [4.69, 9.17) is 4.74 Å². The van der Waals surface area contributed by atoms with Crippen LogP contribution in [0.25, 0.3) is 23.1 Å². The lowest BCUT2D eigenvalue weighted by Gasteiger charge is -2.06. The summed E-state index contributed by atoms with van der Waals surface area (Å²) in [6.07, 6.45) is 7.81. The van der Waals surface area contributed by atoms with E-state index in [1.807, 2.05) is 24.3 Å². The number of H-pyrrole nitrogens is 1. The van der Waals surface area contributed by atoms with Crippen molar-refractivity contribution in [3.8, 4) is 5.75 Å². The van der Waals surface area contributed by atoms with E-state index in [2.05, 4.69) is 21.9 Å². The first-order valence-electron chi connectivity index (χ1n) is 7.40. The smallest absolute Gasteiger partial charge is 0.259 e. The van der Waals surface area contributed by atoms with Crippen molar-refractivity contribution in [2.24, 2.45) is 0 Å². The van der Waals surface area contributed by atoms with Gasteiger partial charge in [-0.3, -0.25) is 9.78 Å². The van der Waals surface area contributed by atoms with Gasteiger partial charge in [0.15, 0.2) is 0 Å². The molecule has 2 heterocycles. The number of pyridine rings is 1. The van der Waals surface area contributed by atoms with Gasteiger partial charge in [0.2, 0.25) is 0 Å². The normalized spacial score (nSPS) is 11.2. The summed E-state index contributed by atoms with van der Waals surface area (Å²) in [4.78, 5) is 23.2. The first-order chi connectivity index (χ1) is 11.2. The molecule has 3 aromatic rings. The van der Waals surface area contributed by atoms with Gasteiger partial charge in [-0.05, 0) is 41.8 Å². The molecule has 0 aliphatic heterocycles. The Morgan fingerprint density at radius 1 is 1.26 bits per heavy atom. The Morgan fingerprint density at radius 2 is 2.13 bits per heavy atom. The van der Waals surface area contributed by atoms with E-state index in [1.165, 1.54) is 5.56 Å². The molecule has 0 atom stereocenters. The summed E-state index contributed by atoms with van der Waals surface area (Å²) in [5.74, 6) is 1.34. The third-order valence-corrected chi connectivity index (χ3v) is 3.68. The van der Waals surface area contributed by atoms with Gasteiger partial charge in [-0.25, -0.2) is 4.98 Å². The van der Waals surface area contributed by atoms with Crippen LogP contribution in [-0.4, -0.2) is 22.1 Å². The maximum absolute atomic E-state index is 12.0. The Labute approximate surface area is 133 Å². The zero-order valence-corrected chi connectivity index (χ0v) is 13.0. The lowest BCUT2D eigenvalue weighted by atomic mass is 10.0. The lowest BCUT2D eigenvalue weighted by molar-refractivity contribution is 0.414. The molecule has 1 aromatic carbocycles. The molecule has 0 amide bonds. The summed E-state index contributed by atoms with van der Waals surface area (Å²) in [5, 5.41) is 0.538. The van der Waals surface area contributed by atoms with Crippen molar-refractivity contribution in [3.05, 3.63) is 64.0 Å². The molecule has 0 fully saturated rings. The second-order valence-electron chi connectivity index (χ2n) is 5.10. The number of rotatable bonds is 4. The molecule has 5 nitrogen and oxygen atoms in total. The molecule has 0 saturated carbocycles. The average Bonchev–Trinajstić information content (AvgIpc) is 2.60. The average molecular weight is 307 g/mol. The summed E-state index contributed by atoms with van der Waals surface area (Å²) in [6, 6.07) is 7.58. The molecule has 116 valence electrons.